The summed E-state index contributed by atoms with van der Waals surface area (Å²) in [5, 5.41) is 12.8. The van der Waals surface area contributed by atoms with Gasteiger partial charge in [-0.1, -0.05) is 0 Å². The molecule has 14 heteroatoms. The van der Waals surface area contributed by atoms with Crippen molar-refractivity contribution >= 4 is 16.9 Å². The second kappa shape index (κ2) is 7.85. The zero-order valence-electron chi connectivity index (χ0n) is 18.8. The van der Waals surface area contributed by atoms with Crippen LogP contribution in [-0.2, 0) is 40.3 Å². The number of rotatable bonds is 3. The van der Waals surface area contributed by atoms with Gasteiger partial charge in [0.15, 0.2) is 5.65 Å². The number of hydrogen-bond donors (Lipinski definition) is 0. The van der Waals surface area contributed by atoms with Gasteiger partial charge in [-0.3, -0.25) is 18.8 Å². The van der Waals surface area contributed by atoms with E-state index < -0.39 is 29.9 Å². The summed E-state index contributed by atoms with van der Waals surface area (Å²) in [6.07, 6.45) is -5.71. The minimum absolute atomic E-state index is 0.0533. The van der Waals surface area contributed by atoms with Crippen molar-refractivity contribution in [3.63, 3.8) is 0 Å². The lowest BCUT2D eigenvalue weighted by Crippen LogP contribution is -2.36. The van der Waals surface area contributed by atoms with E-state index in [4.69, 9.17) is 0 Å². The number of hydrogen-bond acceptors (Lipinski definition) is 5. The fraction of sp³-hybridized carbons (Fsp3) is 0.381. The monoisotopic (exact) mass is 494 g/mol. The molecule has 9 nitrogen and oxygen atoms in total. The molecule has 0 N–H and O–H groups in total. The van der Waals surface area contributed by atoms with Crippen molar-refractivity contribution in [2.75, 3.05) is 6.54 Å². The highest BCUT2D eigenvalue weighted by atomic mass is 19.4. The maximum atomic E-state index is 13.4. The van der Waals surface area contributed by atoms with Gasteiger partial charge >= 0.3 is 6.18 Å². The standard InChI is InChI=1S/C21H19F5N8O/c1-31-16(21(24,25)26)7-13(29-31)17-10-4-5-34(9-15(10)30-32(17)2)20(35)11-6-14(18(22)23)28-19-12(11)8-27-33(19)3/h6-8,18H,4-5,9H2,1-3H3. The van der Waals surface area contributed by atoms with Gasteiger partial charge in [0.05, 0.1) is 35.1 Å². The Morgan fingerprint density at radius 3 is 2.46 bits per heavy atom. The average Bonchev–Trinajstić information content (AvgIpc) is 3.45. The Kier molecular flexibility index (Phi) is 5.14. The topological polar surface area (TPSA) is 86.7 Å². The summed E-state index contributed by atoms with van der Waals surface area (Å²) in [5.74, 6) is -0.484. The lowest BCUT2D eigenvalue weighted by Gasteiger charge is -2.27. The average molecular weight is 494 g/mol. The van der Waals surface area contributed by atoms with Gasteiger partial charge in [-0.2, -0.15) is 28.5 Å². The third-order valence-electron chi connectivity index (χ3n) is 6.08. The number of pyridine rings is 1. The third-order valence-corrected chi connectivity index (χ3v) is 6.08. The van der Waals surface area contributed by atoms with Gasteiger partial charge in [-0.05, 0) is 18.6 Å². The predicted molar refractivity (Wildman–Crippen MR) is 112 cm³/mol. The molecule has 0 unspecified atom stereocenters. The molecule has 0 saturated carbocycles. The lowest BCUT2D eigenvalue weighted by atomic mass is 10.0. The van der Waals surface area contributed by atoms with Crippen LogP contribution in [0.2, 0.25) is 0 Å². The number of fused-ring (bicyclic) bond motifs is 2. The van der Waals surface area contributed by atoms with Gasteiger partial charge in [-0.25, -0.2) is 13.8 Å². The van der Waals surface area contributed by atoms with E-state index in [2.05, 4.69) is 20.3 Å². The Balaban J connectivity index is 1.49. The molecule has 0 aliphatic carbocycles. The number of nitrogens with zero attached hydrogens (tertiary/aromatic N) is 8. The molecule has 0 radical (unpaired) electrons. The molecule has 4 aromatic heterocycles. The second-order valence-corrected chi connectivity index (χ2v) is 8.31. The Morgan fingerprint density at radius 1 is 1.06 bits per heavy atom. The maximum absolute atomic E-state index is 13.4. The van der Waals surface area contributed by atoms with E-state index in [0.29, 0.717) is 28.8 Å². The van der Waals surface area contributed by atoms with Crippen LogP contribution in [0.4, 0.5) is 22.0 Å². The Hall–Kier alpha value is -3.84. The minimum Gasteiger partial charge on any atom is -0.332 e. The van der Waals surface area contributed by atoms with Crippen molar-refractivity contribution in [1.82, 2.24) is 39.2 Å². The van der Waals surface area contributed by atoms with Crippen LogP contribution in [0.25, 0.3) is 22.4 Å². The summed E-state index contributed by atoms with van der Waals surface area (Å²) in [6.45, 7) is 0.284. The van der Waals surface area contributed by atoms with Crippen LogP contribution >= 0.6 is 0 Å². The first kappa shape index (κ1) is 22.9. The van der Waals surface area contributed by atoms with Gasteiger partial charge in [0.1, 0.15) is 17.1 Å². The molecule has 5 heterocycles. The highest BCUT2D eigenvalue weighted by molar-refractivity contribution is 6.05. The number of aryl methyl sites for hydroxylation is 3. The highest BCUT2D eigenvalue weighted by Gasteiger charge is 2.36. The van der Waals surface area contributed by atoms with Crippen molar-refractivity contribution in [1.29, 1.82) is 0 Å². The van der Waals surface area contributed by atoms with Gasteiger partial charge in [-0.15, -0.1) is 0 Å². The molecule has 0 fully saturated rings. The van der Waals surface area contributed by atoms with E-state index in [1.807, 2.05) is 0 Å². The molecule has 0 atom stereocenters. The Bertz CT molecular complexity index is 1460. The Morgan fingerprint density at radius 2 is 1.80 bits per heavy atom. The van der Waals surface area contributed by atoms with Gasteiger partial charge in [0, 0.05) is 33.3 Å². The molecule has 184 valence electrons. The van der Waals surface area contributed by atoms with Crippen LogP contribution in [0.3, 0.4) is 0 Å². The minimum atomic E-state index is -4.55. The zero-order valence-corrected chi connectivity index (χ0v) is 18.8. The van der Waals surface area contributed by atoms with Crippen LogP contribution < -0.4 is 0 Å². The molecular formula is C21H19F5N8O. The van der Waals surface area contributed by atoms with Crippen molar-refractivity contribution in [3.05, 3.63) is 46.5 Å². The predicted octanol–water partition coefficient (Wildman–Crippen LogP) is 3.26. The normalized spacial score (nSPS) is 14.3. The van der Waals surface area contributed by atoms with Crippen LogP contribution in [-0.4, -0.2) is 51.7 Å². The molecular weight excluding hydrogens is 475 g/mol. The molecule has 1 aliphatic rings. The summed E-state index contributed by atoms with van der Waals surface area (Å²) < 4.78 is 70.1. The van der Waals surface area contributed by atoms with Crippen LogP contribution in [0.1, 0.15) is 39.4 Å². The van der Waals surface area contributed by atoms with Gasteiger partial charge in [0.25, 0.3) is 12.3 Å². The zero-order chi connectivity index (χ0) is 25.2. The van der Waals surface area contributed by atoms with Crippen LogP contribution in [0.5, 0.6) is 0 Å². The first-order chi connectivity index (χ1) is 16.5. The molecule has 0 bridgehead atoms. The quantitative estimate of drug-likeness (QED) is 0.408. The van der Waals surface area contributed by atoms with Crippen LogP contribution in [0, 0.1) is 0 Å². The molecule has 35 heavy (non-hydrogen) atoms. The van der Waals surface area contributed by atoms with Gasteiger partial charge < -0.3 is 4.90 Å². The van der Waals surface area contributed by atoms with Crippen molar-refractivity contribution in [3.8, 4) is 11.4 Å². The van der Waals surface area contributed by atoms with E-state index in [1.165, 1.54) is 27.5 Å². The summed E-state index contributed by atoms with van der Waals surface area (Å²) in [4.78, 5) is 18.7. The lowest BCUT2D eigenvalue weighted by molar-refractivity contribution is -0.143. The number of aromatic nitrogens is 7. The maximum Gasteiger partial charge on any atom is 0.433 e. The van der Waals surface area contributed by atoms with Crippen molar-refractivity contribution < 1.29 is 26.7 Å². The number of alkyl halides is 5. The SMILES string of the molecule is Cn1nc(-c2c3c(nn2C)CN(C(=O)c2cc(C(F)F)nc4c2cnn4C)CC3)cc1C(F)(F)F. The fourth-order valence-corrected chi connectivity index (χ4v) is 4.45. The van der Waals surface area contributed by atoms with E-state index in [0.717, 1.165) is 16.8 Å². The fourth-order valence-electron chi connectivity index (χ4n) is 4.45. The molecule has 4 aromatic rings. The molecule has 1 amide bonds. The third kappa shape index (κ3) is 3.72. The molecule has 0 aromatic carbocycles. The molecule has 5 rings (SSSR count). The number of carbonyl (C=O) groups excluding carboxylic acids is 1. The highest BCUT2D eigenvalue weighted by Crippen LogP contribution is 2.35. The first-order valence-corrected chi connectivity index (χ1v) is 10.5. The van der Waals surface area contributed by atoms with Crippen LogP contribution in [0.15, 0.2) is 18.3 Å². The van der Waals surface area contributed by atoms with Gasteiger partial charge in [0.2, 0.25) is 0 Å². The van der Waals surface area contributed by atoms with Crippen molar-refractivity contribution in [2.45, 2.75) is 25.6 Å². The first-order valence-electron chi connectivity index (χ1n) is 10.5. The summed E-state index contributed by atoms with van der Waals surface area (Å²) in [7, 11) is 4.36. The second-order valence-electron chi connectivity index (χ2n) is 8.31. The van der Waals surface area contributed by atoms with E-state index in [-0.39, 0.29) is 30.0 Å². The Labute approximate surface area is 194 Å². The van der Waals surface area contributed by atoms with E-state index >= 15 is 0 Å². The molecule has 1 aliphatic heterocycles. The summed E-state index contributed by atoms with van der Waals surface area (Å²) >= 11 is 0. The smallest absolute Gasteiger partial charge is 0.332 e. The summed E-state index contributed by atoms with van der Waals surface area (Å²) in [5.41, 5.74) is 0.572. The van der Waals surface area contributed by atoms with E-state index in [1.54, 1.807) is 14.1 Å². The largest absolute Gasteiger partial charge is 0.433 e. The number of amides is 1. The number of carbonyl (C=O) groups is 1. The van der Waals surface area contributed by atoms with Crippen molar-refractivity contribution in [2.24, 2.45) is 21.1 Å². The van der Waals surface area contributed by atoms with E-state index in [9.17, 15) is 26.7 Å². The number of halogens is 5. The molecule has 0 spiro atoms. The molecule has 0 saturated heterocycles. The summed E-state index contributed by atoms with van der Waals surface area (Å²) in [6, 6.07) is 2.04.